The van der Waals surface area contributed by atoms with Gasteiger partial charge in [0.15, 0.2) is 5.82 Å². The first-order valence-electron chi connectivity index (χ1n) is 9.19. The second kappa shape index (κ2) is 7.19. The van der Waals surface area contributed by atoms with Gasteiger partial charge in [-0.05, 0) is 60.5 Å². The molecular formula is C20H17ClN4O2S2. The number of hydrogen-bond donors (Lipinski definition) is 1. The van der Waals surface area contributed by atoms with Crippen LogP contribution < -0.4 is 9.75 Å². The Morgan fingerprint density at radius 3 is 2.86 bits per heavy atom. The Hall–Kier alpha value is -2.29. The molecule has 1 unspecified atom stereocenters. The minimum absolute atomic E-state index is 0.0111. The lowest BCUT2D eigenvalue weighted by atomic mass is 10.1. The van der Waals surface area contributed by atoms with E-state index in [9.17, 15) is 4.79 Å². The fourth-order valence-corrected chi connectivity index (χ4v) is 5.76. The fourth-order valence-electron chi connectivity index (χ4n) is 4.01. The lowest BCUT2D eigenvalue weighted by Crippen LogP contribution is -2.49. The van der Waals surface area contributed by atoms with Gasteiger partial charge in [-0.1, -0.05) is 35.9 Å². The number of fused-ring (bicyclic) bond motifs is 2. The van der Waals surface area contributed by atoms with Crippen molar-refractivity contribution in [2.45, 2.75) is 24.3 Å². The van der Waals surface area contributed by atoms with Gasteiger partial charge in [0.1, 0.15) is 17.2 Å². The summed E-state index contributed by atoms with van der Waals surface area (Å²) < 4.78 is 7.94. The molecule has 5 rings (SSSR count). The molecule has 1 spiro atoms. The highest BCUT2D eigenvalue weighted by Gasteiger charge is 2.53. The van der Waals surface area contributed by atoms with Crippen molar-refractivity contribution < 1.29 is 9.53 Å². The van der Waals surface area contributed by atoms with E-state index in [4.69, 9.17) is 28.6 Å². The first kappa shape index (κ1) is 18.7. The molecule has 1 N–H and O–H groups in total. The van der Waals surface area contributed by atoms with Crippen molar-refractivity contribution in [1.82, 2.24) is 14.9 Å². The molecule has 2 heterocycles. The topological polar surface area (TPSA) is 63.1 Å². The number of aromatic amines is 1. The zero-order valence-electron chi connectivity index (χ0n) is 15.3. The molecule has 3 aromatic rings. The van der Waals surface area contributed by atoms with Crippen molar-refractivity contribution in [3.8, 4) is 5.75 Å². The summed E-state index contributed by atoms with van der Waals surface area (Å²) in [4.78, 5) is 12.5. The van der Waals surface area contributed by atoms with Crippen LogP contribution in [0.3, 0.4) is 0 Å². The van der Waals surface area contributed by atoms with Gasteiger partial charge in [-0.25, -0.2) is 9.69 Å². The second-order valence-electron chi connectivity index (χ2n) is 6.94. The van der Waals surface area contributed by atoms with Gasteiger partial charge in [0, 0.05) is 5.02 Å². The Morgan fingerprint density at radius 1 is 1.24 bits per heavy atom. The molecule has 1 aliphatic carbocycles. The molecule has 1 amide bonds. The van der Waals surface area contributed by atoms with Crippen LogP contribution in [0, 0.1) is 4.77 Å². The highest BCUT2D eigenvalue weighted by atomic mass is 35.5. The molecular weight excluding hydrogens is 428 g/mol. The third kappa shape index (κ3) is 3.06. The Kier molecular flexibility index (Phi) is 4.64. The van der Waals surface area contributed by atoms with E-state index in [1.807, 2.05) is 12.1 Å². The van der Waals surface area contributed by atoms with Gasteiger partial charge >= 0.3 is 0 Å². The van der Waals surface area contributed by atoms with Crippen LogP contribution in [0.15, 0.2) is 48.5 Å². The minimum Gasteiger partial charge on any atom is -0.486 e. The lowest BCUT2D eigenvalue weighted by molar-refractivity contribution is -0.118. The summed E-state index contributed by atoms with van der Waals surface area (Å²) in [7, 11) is 0. The average Bonchev–Trinajstić information content (AvgIpc) is 3.39. The Bertz CT molecular complexity index is 1140. The molecule has 1 aromatic heterocycles. The smallest absolute Gasteiger partial charge is 0.253 e. The fraction of sp³-hybridized carbons (Fsp3) is 0.250. The molecule has 29 heavy (non-hydrogen) atoms. The van der Waals surface area contributed by atoms with Crippen molar-refractivity contribution in [3.63, 3.8) is 0 Å². The number of aromatic nitrogens is 3. The zero-order chi connectivity index (χ0) is 20.0. The molecule has 0 saturated carbocycles. The number of nitrogens with one attached hydrogen (secondary N) is 1. The normalized spacial score (nSPS) is 20.4. The van der Waals surface area contributed by atoms with E-state index >= 15 is 0 Å². The predicted molar refractivity (Wildman–Crippen MR) is 115 cm³/mol. The Labute approximate surface area is 181 Å². The maximum atomic E-state index is 13.0. The summed E-state index contributed by atoms with van der Waals surface area (Å²) in [6, 6.07) is 15.4. The minimum atomic E-state index is -0.467. The number of amides is 1. The maximum Gasteiger partial charge on any atom is 0.253 e. The standard InChI is InChI=1S/C20H17ClN4O2S2/c21-14-5-7-15(8-6-14)27-11-17-22-23-19(28)24(17)25-18(26)12-29-20(25)10-9-13-3-1-2-4-16(13)20/h1-8H,9-12H2,(H,23,28). The molecule has 148 valence electrons. The van der Waals surface area contributed by atoms with Crippen molar-refractivity contribution in [2.75, 3.05) is 10.8 Å². The van der Waals surface area contributed by atoms with Gasteiger partial charge in [-0.3, -0.25) is 9.89 Å². The van der Waals surface area contributed by atoms with Crippen LogP contribution in [0.4, 0.5) is 0 Å². The number of rotatable bonds is 4. The number of hydrogen-bond acceptors (Lipinski definition) is 5. The van der Waals surface area contributed by atoms with Crippen LogP contribution in [-0.2, 0) is 22.7 Å². The number of aryl methyl sites for hydroxylation is 1. The zero-order valence-corrected chi connectivity index (χ0v) is 17.7. The van der Waals surface area contributed by atoms with E-state index in [1.54, 1.807) is 45.7 Å². The molecule has 1 atom stereocenters. The summed E-state index contributed by atoms with van der Waals surface area (Å²) in [6.07, 6.45) is 1.77. The molecule has 6 nitrogen and oxygen atoms in total. The number of halogens is 1. The average molecular weight is 445 g/mol. The molecule has 0 bridgehead atoms. The van der Waals surface area contributed by atoms with Gasteiger partial charge in [-0.2, -0.15) is 5.10 Å². The SMILES string of the molecule is O=C1CSC2(CCc3ccccc32)N1n1c(COc2ccc(Cl)cc2)n[nH]c1=S. The summed E-state index contributed by atoms with van der Waals surface area (Å²) in [5, 5.41) is 9.57. The quantitative estimate of drug-likeness (QED) is 0.611. The summed E-state index contributed by atoms with van der Waals surface area (Å²) in [6.45, 7) is 0.168. The number of ether oxygens (including phenoxy) is 1. The van der Waals surface area contributed by atoms with Crippen LogP contribution in [0.5, 0.6) is 5.75 Å². The van der Waals surface area contributed by atoms with Crippen molar-refractivity contribution in [3.05, 3.63) is 75.3 Å². The number of thioether (sulfide) groups is 1. The van der Waals surface area contributed by atoms with Gasteiger partial charge in [0.2, 0.25) is 4.77 Å². The van der Waals surface area contributed by atoms with Crippen LogP contribution >= 0.6 is 35.6 Å². The van der Waals surface area contributed by atoms with Crippen molar-refractivity contribution >= 4 is 41.5 Å². The van der Waals surface area contributed by atoms with Crippen molar-refractivity contribution in [1.29, 1.82) is 0 Å². The second-order valence-corrected chi connectivity index (χ2v) is 9.01. The van der Waals surface area contributed by atoms with Gasteiger partial charge in [-0.15, -0.1) is 11.8 Å². The largest absolute Gasteiger partial charge is 0.486 e. The Morgan fingerprint density at radius 2 is 2.03 bits per heavy atom. The third-order valence-corrected chi connectivity index (χ3v) is 7.27. The van der Waals surface area contributed by atoms with Gasteiger partial charge in [0.25, 0.3) is 5.91 Å². The number of carbonyl (C=O) groups is 1. The molecule has 9 heteroatoms. The number of benzene rings is 2. The number of H-pyrrole nitrogens is 1. The monoisotopic (exact) mass is 444 g/mol. The maximum absolute atomic E-state index is 13.0. The van der Waals surface area contributed by atoms with Gasteiger partial charge in [0.05, 0.1) is 5.75 Å². The van der Waals surface area contributed by atoms with Crippen molar-refractivity contribution in [2.24, 2.45) is 0 Å². The summed E-state index contributed by atoms with van der Waals surface area (Å²) >= 11 is 13.1. The van der Waals surface area contributed by atoms with Gasteiger partial charge < -0.3 is 4.74 Å². The Balaban J connectivity index is 1.52. The van der Waals surface area contributed by atoms with E-state index < -0.39 is 4.87 Å². The third-order valence-electron chi connectivity index (χ3n) is 5.28. The molecule has 0 radical (unpaired) electrons. The molecule has 1 aliphatic heterocycles. The first-order valence-corrected chi connectivity index (χ1v) is 11.0. The van der Waals surface area contributed by atoms with Crippen LogP contribution in [0.2, 0.25) is 5.02 Å². The lowest BCUT2D eigenvalue weighted by Gasteiger charge is -2.35. The molecule has 1 saturated heterocycles. The van der Waals surface area contributed by atoms with E-state index in [0.29, 0.717) is 27.1 Å². The van der Waals surface area contributed by atoms with E-state index in [2.05, 4.69) is 22.3 Å². The van der Waals surface area contributed by atoms with E-state index in [1.165, 1.54) is 11.1 Å². The summed E-state index contributed by atoms with van der Waals surface area (Å²) in [5.74, 6) is 1.62. The first-order chi connectivity index (χ1) is 14.1. The van der Waals surface area contributed by atoms with Crippen LogP contribution in [0.25, 0.3) is 0 Å². The highest BCUT2D eigenvalue weighted by molar-refractivity contribution is 8.01. The van der Waals surface area contributed by atoms with Crippen LogP contribution in [-0.4, -0.2) is 26.5 Å². The molecule has 2 aromatic carbocycles. The van der Waals surface area contributed by atoms with Crippen LogP contribution in [0.1, 0.15) is 23.4 Å². The number of nitrogens with zero attached hydrogens (tertiary/aromatic N) is 3. The van der Waals surface area contributed by atoms with E-state index in [0.717, 1.165) is 12.8 Å². The number of carbonyl (C=O) groups excluding carboxylic acids is 1. The highest BCUT2D eigenvalue weighted by Crippen LogP contribution is 2.52. The summed E-state index contributed by atoms with van der Waals surface area (Å²) in [5.41, 5.74) is 2.44. The van der Waals surface area contributed by atoms with E-state index in [-0.39, 0.29) is 12.5 Å². The molecule has 1 fully saturated rings. The predicted octanol–water partition coefficient (Wildman–Crippen LogP) is 4.18. The molecule has 2 aliphatic rings.